The fourth-order valence-corrected chi connectivity index (χ4v) is 8.89. The van der Waals surface area contributed by atoms with Crippen LogP contribution in [0.3, 0.4) is 0 Å². The maximum Gasteiger partial charge on any atom is 0.200 e. The molecule has 4 heterocycles. The second kappa shape index (κ2) is 9.06. The fraction of sp³-hybridized carbons (Fsp3) is 0. The van der Waals surface area contributed by atoms with Gasteiger partial charge in [0.15, 0.2) is 0 Å². The number of hydrogen-bond donors (Lipinski definition) is 0. The Morgan fingerprint density at radius 3 is 1.96 bits per heavy atom. The number of hydrogen-bond acceptors (Lipinski definition) is 3. The molecule has 0 bridgehead atoms. The van der Waals surface area contributed by atoms with Crippen molar-refractivity contribution in [1.82, 2.24) is 4.40 Å². The molecule has 0 aliphatic heterocycles. The van der Waals surface area contributed by atoms with Crippen LogP contribution in [0.5, 0.6) is 0 Å². The Hall–Kier alpha value is -5.97. The number of thiophene rings is 1. The molecule has 0 fully saturated rings. The van der Waals surface area contributed by atoms with Crippen LogP contribution in [0.1, 0.15) is 0 Å². The van der Waals surface area contributed by atoms with Crippen LogP contribution in [0.4, 0.5) is 0 Å². The van der Waals surface area contributed by atoms with Gasteiger partial charge in [0.2, 0.25) is 5.43 Å². The molecule has 0 aliphatic rings. The third-order valence-electron chi connectivity index (χ3n) is 9.94. The van der Waals surface area contributed by atoms with Crippen LogP contribution < -0.4 is 5.43 Å². The summed E-state index contributed by atoms with van der Waals surface area (Å²) in [4.78, 5) is 13.4. The van der Waals surface area contributed by atoms with Crippen molar-refractivity contribution in [2.75, 3.05) is 0 Å². The number of para-hydroxylation sites is 3. The van der Waals surface area contributed by atoms with Gasteiger partial charge in [0, 0.05) is 41.7 Å². The van der Waals surface area contributed by atoms with Gasteiger partial charge in [0.1, 0.15) is 11.2 Å². The standard InChI is InChI=1S/C43H23NO2S/c45-43-30-8-2-4-14-37(30)46-38-18-15-24(22-34(38)43)25-16-19-39-32(21-25)33-23-26(17-20-40(33)47-39)27-9-6-13-36-41(27)31-11-5-10-29-28-7-1-3-12-35(28)44(36)42(29)31/h1-23H. The Labute approximate surface area is 271 Å². The SMILES string of the molecule is O=c1c2ccccc2oc2ccc(-c3ccc4sc5ccc(-c6cccc7c6c6cccc8c9ccccc9n7c86)cc5c4c3)cc12. The lowest BCUT2D eigenvalue weighted by Gasteiger charge is -2.07. The minimum absolute atomic E-state index is 0.00112. The molecule has 0 unspecified atom stereocenters. The first kappa shape index (κ1) is 25.2. The van der Waals surface area contributed by atoms with Crippen molar-refractivity contribution in [2.24, 2.45) is 0 Å². The zero-order valence-corrected chi connectivity index (χ0v) is 25.8. The van der Waals surface area contributed by atoms with Crippen LogP contribution in [0.15, 0.2) is 149 Å². The van der Waals surface area contributed by atoms with Gasteiger partial charge in [-0.1, -0.05) is 78.9 Å². The van der Waals surface area contributed by atoms with E-state index in [4.69, 9.17) is 4.42 Å². The highest BCUT2D eigenvalue weighted by Gasteiger charge is 2.20. The third-order valence-corrected chi connectivity index (χ3v) is 11.1. The lowest BCUT2D eigenvalue weighted by molar-refractivity contribution is 0.660. The van der Waals surface area contributed by atoms with E-state index in [-0.39, 0.29) is 5.43 Å². The number of nitrogens with zero attached hydrogens (tertiary/aromatic N) is 1. The van der Waals surface area contributed by atoms with Crippen molar-refractivity contribution in [3.05, 3.63) is 150 Å². The van der Waals surface area contributed by atoms with Crippen molar-refractivity contribution in [1.29, 1.82) is 0 Å². The molecule has 0 aliphatic carbocycles. The molecule has 0 radical (unpaired) electrons. The molecule has 7 aromatic carbocycles. The van der Waals surface area contributed by atoms with Gasteiger partial charge >= 0.3 is 0 Å². The maximum absolute atomic E-state index is 13.4. The lowest BCUT2D eigenvalue weighted by Crippen LogP contribution is -2.01. The molecule has 3 nitrogen and oxygen atoms in total. The summed E-state index contributed by atoms with van der Waals surface area (Å²) in [5, 5.41) is 8.85. The lowest BCUT2D eigenvalue weighted by atomic mass is 9.96. The Balaban J connectivity index is 1.12. The highest BCUT2D eigenvalue weighted by Crippen LogP contribution is 2.44. The summed E-state index contributed by atoms with van der Waals surface area (Å²) >= 11 is 1.82. The molecule has 11 aromatic rings. The molecule has 0 atom stereocenters. The molecule has 0 N–H and O–H groups in total. The van der Waals surface area contributed by atoms with E-state index in [1.54, 1.807) is 0 Å². The quantitative estimate of drug-likeness (QED) is 0.181. The monoisotopic (exact) mass is 617 g/mol. The molecule has 4 aromatic heterocycles. The second-order valence-corrected chi connectivity index (χ2v) is 13.5. The fourth-order valence-electron chi connectivity index (χ4n) is 7.83. The zero-order chi connectivity index (χ0) is 30.8. The van der Waals surface area contributed by atoms with Crippen LogP contribution >= 0.6 is 11.3 Å². The van der Waals surface area contributed by atoms with Gasteiger partial charge < -0.3 is 8.82 Å². The van der Waals surface area contributed by atoms with E-state index >= 15 is 0 Å². The van der Waals surface area contributed by atoms with E-state index in [1.165, 1.54) is 69.4 Å². The van der Waals surface area contributed by atoms with Crippen molar-refractivity contribution >= 4 is 91.5 Å². The molecule has 0 saturated heterocycles. The van der Waals surface area contributed by atoms with E-state index in [0.717, 1.165) is 11.1 Å². The van der Waals surface area contributed by atoms with Gasteiger partial charge in [-0.3, -0.25) is 4.79 Å². The topological polar surface area (TPSA) is 34.6 Å². The minimum atomic E-state index is 0.00112. The maximum atomic E-state index is 13.4. The summed E-state index contributed by atoms with van der Waals surface area (Å²) in [6, 6.07) is 49.1. The first-order valence-electron chi connectivity index (χ1n) is 15.8. The largest absolute Gasteiger partial charge is 0.456 e. The smallest absolute Gasteiger partial charge is 0.200 e. The molecule has 0 amide bonds. The normalized spacial score (nSPS) is 12.3. The van der Waals surface area contributed by atoms with E-state index in [9.17, 15) is 4.79 Å². The number of aromatic nitrogens is 1. The molecular weight excluding hydrogens is 595 g/mol. The van der Waals surface area contributed by atoms with Crippen LogP contribution in [-0.2, 0) is 0 Å². The molecule has 0 spiro atoms. The summed E-state index contributed by atoms with van der Waals surface area (Å²) in [6.07, 6.45) is 0. The summed E-state index contributed by atoms with van der Waals surface area (Å²) < 4.78 is 11.0. The summed E-state index contributed by atoms with van der Waals surface area (Å²) in [5.74, 6) is 0. The highest BCUT2D eigenvalue weighted by molar-refractivity contribution is 7.25. The summed E-state index contributed by atoms with van der Waals surface area (Å²) in [6.45, 7) is 0. The van der Waals surface area contributed by atoms with E-state index < -0.39 is 0 Å². The van der Waals surface area contributed by atoms with Crippen molar-refractivity contribution in [3.63, 3.8) is 0 Å². The van der Waals surface area contributed by atoms with Crippen molar-refractivity contribution in [2.45, 2.75) is 0 Å². The molecule has 4 heteroatoms. The number of fused-ring (bicyclic) bond motifs is 11. The van der Waals surface area contributed by atoms with Crippen LogP contribution in [-0.4, -0.2) is 4.40 Å². The van der Waals surface area contributed by atoms with E-state index in [0.29, 0.717) is 21.9 Å². The van der Waals surface area contributed by atoms with E-state index in [2.05, 4.69) is 101 Å². The van der Waals surface area contributed by atoms with Crippen molar-refractivity contribution in [3.8, 4) is 22.3 Å². The molecule has 47 heavy (non-hydrogen) atoms. The predicted molar refractivity (Wildman–Crippen MR) is 198 cm³/mol. The summed E-state index contributed by atoms with van der Waals surface area (Å²) in [5.41, 5.74) is 9.53. The van der Waals surface area contributed by atoms with Gasteiger partial charge in [-0.2, -0.15) is 0 Å². The summed E-state index contributed by atoms with van der Waals surface area (Å²) in [7, 11) is 0. The molecule has 0 saturated carbocycles. The van der Waals surface area contributed by atoms with Crippen molar-refractivity contribution < 1.29 is 4.42 Å². The predicted octanol–water partition coefficient (Wildman–Crippen LogP) is 11.8. The zero-order valence-electron chi connectivity index (χ0n) is 25.0. The van der Waals surface area contributed by atoms with Crippen LogP contribution in [0.25, 0.3) is 102 Å². The van der Waals surface area contributed by atoms with Gasteiger partial charge in [-0.25, -0.2) is 0 Å². The van der Waals surface area contributed by atoms with Crippen LogP contribution in [0, 0.1) is 0 Å². The number of rotatable bonds is 2. The Morgan fingerprint density at radius 2 is 1.09 bits per heavy atom. The minimum Gasteiger partial charge on any atom is -0.456 e. The molecule has 11 rings (SSSR count). The Bertz CT molecular complexity index is 3160. The molecular formula is C43H23NO2S. The van der Waals surface area contributed by atoms with Crippen LogP contribution in [0.2, 0.25) is 0 Å². The van der Waals surface area contributed by atoms with Gasteiger partial charge in [0.25, 0.3) is 0 Å². The first-order valence-corrected chi connectivity index (χ1v) is 16.6. The van der Waals surface area contributed by atoms with Gasteiger partial charge in [0.05, 0.1) is 27.3 Å². The number of benzene rings is 7. The first-order chi connectivity index (χ1) is 23.2. The average Bonchev–Trinajstić information content (AvgIpc) is 3.78. The molecule has 218 valence electrons. The van der Waals surface area contributed by atoms with E-state index in [1.807, 2.05) is 53.8 Å². The average molecular weight is 618 g/mol. The highest BCUT2D eigenvalue weighted by atomic mass is 32.1. The Kier molecular flexibility index (Phi) is 4.87. The third kappa shape index (κ3) is 3.37. The van der Waals surface area contributed by atoms with Gasteiger partial charge in [-0.05, 0) is 82.9 Å². The Morgan fingerprint density at radius 1 is 0.468 bits per heavy atom. The second-order valence-electron chi connectivity index (χ2n) is 12.4. The van der Waals surface area contributed by atoms with Gasteiger partial charge in [-0.15, -0.1) is 11.3 Å².